The molecular formula is C20H17NO3S. The lowest BCUT2D eigenvalue weighted by Gasteiger charge is -2.10. The number of hydrogen-bond donors (Lipinski definition) is 1. The highest BCUT2D eigenvalue weighted by Crippen LogP contribution is 2.30. The fourth-order valence-corrected chi connectivity index (χ4v) is 4.44. The van der Waals surface area contributed by atoms with Crippen LogP contribution in [0.3, 0.4) is 0 Å². The first-order valence-corrected chi connectivity index (χ1v) is 9.28. The summed E-state index contributed by atoms with van der Waals surface area (Å²) in [4.78, 5) is 14.3. The number of nitrogens with one attached hydrogen (secondary N) is 1. The SMILES string of the molecule is C=CC(C=Cc1ccccc1)S(=O)(=O)c1c(C=O)[nH]c2ccccc12. The van der Waals surface area contributed by atoms with E-state index in [9.17, 15) is 13.2 Å². The molecule has 4 nitrogen and oxygen atoms in total. The third kappa shape index (κ3) is 3.19. The van der Waals surface area contributed by atoms with Crippen molar-refractivity contribution in [2.45, 2.75) is 10.1 Å². The molecule has 0 saturated heterocycles. The number of rotatable bonds is 6. The van der Waals surface area contributed by atoms with E-state index < -0.39 is 15.1 Å². The van der Waals surface area contributed by atoms with Gasteiger partial charge in [-0.2, -0.15) is 0 Å². The molecule has 5 heteroatoms. The van der Waals surface area contributed by atoms with E-state index in [1.807, 2.05) is 30.3 Å². The third-order valence-corrected chi connectivity index (χ3v) is 6.03. The third-order valence-electron chi connectivity index (χ3n) is 3.96. The van der Waals surface area contributed by atoms with E-state index in [1.165, 1.54) is 6.08 Å². The molecule has 126 valence electrons. The first kappa shape index (κ1) is 16.9. The van der Waals surface area contributed by atoms with Crippen LogP contribution in [0.25, 0.3) is 17.0 Å². The lowest BCUT2D eigenvalue weighted by atomic mass is 10.2. The van der Waals surface area contributed by atoms with Gasteiger partial charge in [0.25, 0.3) is 0 Å². The zero-order valence-electron chi connectivity index (χ0n) is 13.4. The Morgan fingerprint density at radius 2 is 1.68 bits per heavy atom. The Kier molecular flexibility index (Phi) is 4.67. The van der Waals surface area contributed by atoms with Crippen molar-refractivity contribution in [3.05, 3.63) is 84.6 Å². The second-order valence-electron chi connectivity index (χ2n) is 5.55. The summed E-state index contributed by atoms with van der Waals surface area (Å²) in [5.74, 6) is 0. The van der Waals surface area contributed by atoms with Gasteiger partial charge in [0, 0.05) is 10.9 Å². The Balaban J connectivity index is 2.10. The second kappa shape index (κ2) is 6.91. The maximum absolute atomic E-state index is 13.1. The Morgan fingerprint density at radius 3 is 2.36 bits per heavy atom. The van der Waals surface area contributed by atoms with E-state index in [0.717, 1.165) is 5.56 Å². The van der Waals surface area contributed by atoms with Gasteiger partial charge in [0.1, 0.15) is 10.1 Å². The molecule has 0 aliphatic heterocycles. The number of hydrogen-bond acceptors (Lipinski definition) is 3. The van der Waals surface area contributed by atoms with Crippen LogP contribution in [-0.4, -0.2) is 24.9 Å². The summed E-state index contributed by atoms with van der Waals surface area (Å²) in [6, 6.07) is 16.4. The van der Waals surface area contributed by atoms with Crippen LogP contribution in [0, 0.1) is 0 Å². The predicted octanol–water partition coefficient (Wildman–Crippen LogP) is 4.02. The Bertz CT molecular complexity index is 1050. The van der Waals surface area contributed by atoms with Crippen molar-refractivity contribution in [3.8, 4) is 0 Å². The summed E-state index contributed by atoms with van der Waals surface area (Å²) in [6.07, 6.45) is 5.21. The molecule has 1 unspecified atom stereocenters. The van der Waals surface area contributed by atoms with Gasteiger partial charge in [-0.3, -0.25) is 4.79 Å². The largest absolute Gasteiger partial charge is 0.351 e. The van der Waals surface area contributed by atoms with Crippen LogP contribution in [0.15, 0.2) is 78.2 Å². The lowest BCUT2D eigenvalue weighted by molar-refractivity contribution is 0.111. The smallest absolute Gasteiger partial charge is 0.191 e. The van der Waals surface area contributed by atoms with Gasteiger partial charge in [0.2, 0.25) is 0 Å². The summed E-state index contributed by atoms with van der Waals surface area (Å²) in [6.45, 7) is 3.66. The molecule has 0 saturated carbocycles. The number of sulfone groups is 1. The first-order chi connectivity index (χ1) is 12.1. The summed E-state index contributed by atoms with van der Waals surface area (Å²) in [7, 11) is -3.81. The van der Waals surface area contributed by atoms with Crippen molar-refractivity contribution in [1.29, 1.82) is 0 Å². The van der Waals surface area contributed by atoms with Gasteiger partial charge >= 0.3 is 0 Å². The quantitative estimate of drug-likeness (QED) is 0.539. The van der Waals surface area contributed by atoms with Crippen LogP contribution in [0.1, 0.15) is 16.1 Å². The van der Waals surface area contributed by atoms with Crippen molar-refractivity contribution in [1.82, 2.24) is 4.98 Å². The molecule has 1 aromatic heterocycles. The molecule has 25 heavy (non-hydrogen) atoms. The second-order valence-corrected chi connectivity index (χ2v) is 7.59. The average molecular weight is 351 g/mol. The van der Waals surface area contributed by atoms with E-state index in [-0.39, 0.29) is 10.6 Å². The molecule has 0 aliphatic carbocycles. The number of H-pyrrole nitrogens is 1. The van der Waals surface area contributed by atoms with Crippen molar-refractivity contribution in [2.75, 3.05) is 0 Å². The van der Waals surface area contributed by atoms with Crippen LogP contribution in [0.4, 0.5) is 0 Å². The number of aldehydes is 1. The molecule has 3 aromatic rings. The van der Waals surface area contributed by atoms with Crippen LogP contribution in [0.5, 0.6) is 0 Å². The van der Waals surface area contributed by atoms with Gasteiger partial charge in [0.15, 0.2) is 16.1 Å². The minimum absolute atomic E-state index is 0.0145. The molecule has 1 N–H and O–H groups in total. The summed E-state index contributed by atoms with van der Waals surface area (Å²) in [5, 5.41) is -0.435. The number of carbonyl (C=O) groups is 1. The minimum Gasteiger partial charge on any atom is -0.351 e. The Morgan fingerprint density at radius 1 is 1.00 bits per heavy atom. The summed E-state index contributed by atoms with van der Waals surface area (Å²) in [5.41, 5.74) is 1.55. The van der Waals surface area contributed by atoms with Crippen LogP contribution < -0.4 is 0 Å². The van der Waals surface area contributed by atoms with E-state index in [4.69, 9.17) is 0 Å². The van der Waals surface area contributed by atoms with Crippen molar-refractivity contribution in [2.24, 2.45) is 0 Å². The van der Waals surface area contributed by atoms with Gasteiger partial charge in [-0.25, -0.2) is 8.42 Å². The van der Waals surface area contributed by atoms with Gasteiger partial charge < -0.3 is 4.98 Å². The van der Waals surface area contributed by atoms with Crippen LogP contribution in [0.2, 0.25) is 0 Å². The van der Waals surface area contributed by atoms with Crippen molar-refractivity contribution >= 4 is 33.1 Å². The maximum Gasteiger partial charge on any atom is 0.191 e. The standard InChI is InChI=1S/C20H17NO3S/c1-2-16(13-12-15-8-4-3-5-9-15)25(23,24)20-17-10-6-7-11-18(17)21-19(20)14-22/h2-14,16,21H,1H2. The molecule has 0 spiro atoms. The molecule has 0 fully saturated rings. The van der Waals surface area contributed by atoms with Crippen LogP contribution >= 0.6 is 0 Å². The zero-order valence-corrected chi connectivity index (χ0v) is 14.2. The number of benzene rings is 2. The minimum atomic E-state index is -3.81. The molecule has 0 amide bonds. The van der Waals surface area contributed by atoms with E-state index in [0.29, 0.717) is 17.2 Å². The highest BCUT2D eigenvalue weighted by Gasteiger charge is 2.29. The molecule has 2 aromatic carbocycles. The first-order valence-electron chi connectivity index (χ1n) is 7.73. The number of para-hydroxylation sites is 1. The van der Waals surface area contributed by atoms with Gasteiger partial charge in [0.05, 0.1) is 5.69 Å². The highest BCUT2D eigenvalue weighted by molar-refractivity contribution is 7.92. The average Bonchev–Trinajstić information content (AvgIpc) is 3.02. The highest BCUT2D eigenvalue weighted by atomic mass is 32.2. The topological polar surface area (TPSA) is 67.0 Å². The fraction of sp³-hybridized carbons (Fsp3) is 0.0500. The normalized spacial score (nSPS) is 13.1. The van der Waals surface area contributed by atoms with E-state index >= 15 is 0 Å². The number of fused-ring (bicyclic) bond motifs is 1. The van der Waals surface area contributed by atoms with Gasteiger partial charge in [-0.15, -0.1) is 6.58 Å². The number of aromatic amines is 1. The molecule has 1 atom stereocenters. The van der Waals surface area contributed by atoms with Gasteiger partial charge in [-0.1, -0.05) is 66.8 Å². The lowest BCUT2D eigenvalue weighted by Crippen LogP contribution is -2.17. The van der Waals surface area contributed by atoms with Gasteiger partial charge in [-0.05, 0) is 11.6 Å². The van der Waals surface area contributed by atoms with E-state index in [2.05, 4.69) is 11.6 Å². The Labute approximate surface area is 146 Å². The number of carbonyl (C=O) groups excluding carboxylic acids is 1. The van der Waals surface area contributed by atoms with E-state index in [1.54, 1.807) is 36.4 Å². The van der Waals surface area contributed by atoms with Crippen molar-refractivity contribution in [3.63, 3.8) is 0 Å². The zero-order chi connectivity index (χ0) is 17.9. The molecular weight excluding hydrogens is 334 g/mol. The predicted molar refractivity (Wildman–Crippen MR) is 100 cm³/mol. The monoisotopic (exact) mass is 351 g/mol. The number of aromatic nitrogens is 1. The summed E-state index contributed by atoms with van der Waals surface area (Å²) < 4.78 is 26.3. The molecule has 1 heterocycles. The molecule has 0 bridgehead atoms. The maximum atomic E-state index is 13.1. The molecule has 3 rings (SSSR count). The fourth-order valence-electron chi connectivity index (χ4n) is 2.74. The Hall–Kier alpha value is -2.92. The summed E-state index contributed by atoms with van der Waals surface area (Å²) >= 11 is 0. The van der Waals surface area contributed by atoms with Crippen molar-refractivity contribution < 1.29 is 13.2 Å². The molecule has 0 aliphatic rings. The molecule has 0 radical (unpaired) electrons. The van der Waals surface area contributed by atoms with Crippen LogP contribution in [-0.2, 0) is 9.84 Å².